The van der Waals surface area contributed by atoms with E-state index in [1.165, 1.54) is 17.0 Å². The highest BCUT2D eigenvalue weighted by atomic mass is 16.5. The molecule has 0 spiro atoms. The van der Waals surface area contributed by atoms with Crippen LogP contribution in [0.5, 0.6) is 11.5 Å². The van der Waals surface area contributed by atoms with E-state index in [0.717, 1.165) is 39.7 Å². The molecule has 0 aromatic heterocycles. The molecule has 4 heteroatoms. The fraction of sp³-hybridized carbons (Fsp3) is 0.229. The first-order valence-corrected chi connectivity index (χ1v) is 13.6. The van der Waals surface area contributed by atoms with Gasteiger partial charge in [0.1, 0.15) is 30.1 Å². The number of nitrogens with zero attached hydrogens (tertiary/aromatic N) is 1. The minimum absolute atomic E-state index is 0.0789. The molecule has 39 heavy (non-hydrogen) atoms. The van der Waals surface area contributed by atoms with Gasteiger partial charge >= 0.3 is 0 Å². The maximum Gasteiger partial charge on any atom is 0.209 e. The topological polar surface area (TPSA) is 30.7 Å². The minimum atomic E-state index is -0.0789. The highest BCUT2D eigenvalue weighted by Gasteiger charge is 2.42. The quantitative estimate of drug-likeness (QED) is 0.282. The van der Waals surface area contributed by atoms with Crippen molar-refractivity contribution in [3.05, 3.63) is 126 Å². The zero-order valence-electron chi connectivity index (χ0n) is 23.4. The molecule has 2 aliphatic heterocycles. The van der Waals surface area contributed by atoms with Crippen molar-refractivity contribution in [2.75, 3.05) is 20.3 Å². The second kappa shape index (κ2) is 11.2. The van der Waals surface area contributed by atoms with E-state index in [1.54, 1.807) is 0 Å². The molecule has 5 rings (SSSR count). The Morgan fingerprint density at radius 1 is 0.795 bits per heavy atom. The van der Waals surface area contributed by atoms with Crippen molar-refractivity contribution in [1.29, 1.82) is 0 Å². The van der Waals surface area contributed by atoms with Crippen LogP contribution >= 0.6 is 0 Å². The Kier molecular flexibility index (Phi) is 7.56. The van der Waals surface area contributed by atoms with Gasteiger partial charge in [0.05, 0.1) is 18.6 Å². The predicted octanol–water partition coefficient (Wildman–Crippen LogP) is 8.09. The predicted molar refractivity (Wildman–Crippen MR) is 160 cm³/mol. The lowest BCUT2D eigenvalue weighted by Gasteiger charge is -2.19. The number of hydrogen-bond acceptors (Lipinski definition) is 3. The molecule has 3 aromatic carbocycles. The fourth-order valence-electron chi connectivity index (χ4n) is 5.24. The molecule has 0 amide bonds. The summed E-state index contributed by atoms with van der Waals surface area (Å²) in [6.07, 6.45) is 10.5. The van der Waals surface area contributed by atoms with Gasteiger partial charge in [-0.3, -0.25) is 0 Å². The molecule has 0 fully saturated rings. The first-order valence-electron chi connectivity index (χ1n) is 13.6. The lowest BCUT2D eigenvalue weighted by molar-refractivity contribution is -0.401. The highest BCUT2D eigenvalue weighted by Crippen LogP contribution is 2.39. The van der Waals surface area contributed by atoms with Gasteiger partial charge in [0.25, 0.3) is 0 Å². The average molecular weight is 519 g/mol. The SMILES string of the molecule is CCOc1ccc(C2=CC(=CC=CC3=[N+](C)c4ccccc4C3(C)C)OC(c3ccc(OCC)cc3)=C2)cc1. The molecule has 198 valence electrons. The number of ether oxygens (including phenoxy) is 3. The van der Waals surface area contributed by atoms with E-state index < -0.39 is 0 Å². The Morgan fingerprint density at radius 2 is 1.41 bits per heavy atom. The van der Waals surface area contributed by atoms with Crippen LogP contribution in [0.2, 0.25) is 0 Å². The number of benzene rings is 3. The Labute approximate surface area is 231 Å². The lowest BCUT2D eigenvalue weighted by Crippen LogP contribution is -2.26. The van der Waals surface area contributed by atoms with Crippen LogP contribution < -0.4 is 9.47 Å². The van der Waals surface area contributed by atoms with E-state index in [1.807, 2.05) is 56.3 Å². The summed E-state index contributed by atoms with van der Waals surface area (Å²) < 4.78 is 19.9. The average Bonchev–Trinajstić information content (AvgIpc) is 3.14. The number of para-hydroxylation sites is 1. The Bertz CT molecular complexity index is 1500. The van der Waals surface area contributed by atoms with Gasteiger partial charge in [-0.15, -0.1) is 0 Å². The van der Waals surface area contributed by atoms with E-state index in [4.69, 9.17) is 14.2 Å². The molecule has 2 aliphatic rings. The monoisotopic (exact) mass is 518 g/mol. The summed E-state index contributed by atoms with van der Waals surface area (Å²) in [5.41, 5.74) is 6.92. The van der Waals surface area contributed by atoms with Crippen molar-refractivity contribution in [3.63, 3.8) is 0 Å². The van der Waals surface area contributed by atoms with Gasteiger partial charge in [-0.25, -0.2) is 0 Å². The normalized spacial score (nSPS) is 17.1. The zero-order chi connectivity index (χ0) is 27.4. The summed E-state index contributed by atoms with van der Waals surface area (Å²) in [5.74, 6) is 3.28. The van der Waals surface area contributed by atoms with Crippen molar-refractivity contribution in [1.82, 2.24) is 0 Å². The fourth-order valence-corrected chi connectivity index (χ4v) is 5.24. The van der Waals surface area contributed by atoms with Crippen LogP contribution in [-0.4, -0.2) is 30.5 Å². The Morgan fingerprint density at radius 3 is 2.03 bits per heavy atom. The van der Waals surface area contributed by atoms with Gasteiger partial charge < -0.3 is 14.2 Å². The van der Waals surface area contributed by atoms with Crippen LogP contribution in [0.25, 0.3) is 11.3 Å². The van der Waals surface area contributed by atoms with Gasteiger partial charge in [0.2, 0.25) is 5.69 Å². The summed E-state index contributed by atoms with van der Waals surface area (Å²) in [5, 5.41) is 0. The number of allylic oxidation sites excluding steroid dienone is 6. The summed E-state index contributed by atoms with van der Waals surface area (Å²) >= 11 is 0. The molecule has 0 atom stereocenters. The van der Waals surface area contributed by atoms with Crippen molar-refractivity contribution >= 4 is 22.7 Å². The summed E-state index contributed by atoms with van der Waals surface area (Å²) in [4.78, 5) is 0. The first-order chi connectivity index (χ1) is 18.9. The van der Waals surface area contributed by atoms with Gasteiger partial charge in [-0.1, -0.05) is 36.4 Å². The molecule has 0 unspecified atom stereocenters. The molecule has 0 aliphatic carbocycles. The second-order valence-electron chi connectivity index (χ2n) is 10.1. The van der Waals surface area contributed by atoms with E-state index in [-0.39, 0.29) is 5.41 Å². The Balaban J connectivity index is 1.47. The zero-order valence-corrected chi connectivity index (χ0v) is 23.4. The number of fused-ring (bicyclic) bond motifs is 1. The van der Waals surface area contributed by atoms with Gasteiger partial charge in [0.15, 0.2) is 5.71 Å². The number of hydrogen-bond donors (Lipinski definition) is 0. The van der Waals surface area contributed by atoms with Crippen LogP contribution in [0.4, 0.5) is 5.69 Å². The van der Waals surface area contributed by atoms with Crippen LogP contribution in [0.3, 0.4) is 0 Å². The third-order valence-electron chi connectivity index (χ3n) is 7.22. The smallest absolute Gasteiger partial charge is 0.209 e. The molecule has 0 saturated heterocycles. The molecule has 3 aromatic rings. The largest absolute Gasteiger partial charge is 0.494 e. The molecular formula is C35H36NO3+. The van der Waals surface area contributed by atoms with E-state index >= 15 is 0 Å². The van der Waals surface area contributed by atoms with E-state index in [9.17, 15) is 0 Å². The minimum Gasteiger partial charge on any atom is -0.494 e. The van der Waals surface area contributed by atoms with Crippen molar-refractivity contribution in [2.24, 2.45) is 0 Å². The molecular weight excluding hydrogens is 482 g/mol. The molecule has 0 radical (unpaired) electrons. The van der Waals surface area contributed by atoms with Gasteiger partial charge in [-0.2, -0.15) is 4.58 Å². The van der Waals surface area contributed by atoms with Crippen molar-refractivity contribution in [2.45, 2.75) is 33.1 Å². The lowest BCUT2D eigenvalue weighted by atomic mass is 9.81. The standard InChI is InChI=1S/C35H36NO3/c1-6-37-28-19-15-25(16-20-28)27-23-30(39-33(24-27)26-17-21-29(22-18-26)38-7-2)11-10-14-34-35(3,4)31-12-8-9-13-32(31)36(34)5/h8-24H,6-7H2,1-5H3/q+1. The number of rotatable bonds is 8. The van der Waals surface area contributed by atoms with E-state index in [2.05, 4.69) is 86.2 Å². The summed E-state index contributed by atoms with van der Waals surface area (Å²) in [6, 6.07) is 24.8. The van der Waals surface area contributed by atoms with Crippen molar-refractivity contribution < 1.29 is 18.8 Å². The Hall–Kier alpha value is -4.31. The molecule has 0 saturated carbocycles. The molecule has 2 heterocycles. The molecule has 0 N–H and O–H groups in total. The van der Waals surface area contributed by atoms with Crippen LogP contribution in [-0.2, 0) is 10.2 Å². The van der Waals surface area contributed by atoms with E-state index in [0.29, 0.717) is 13.2 Å². The van der Waals surface area contributed by atoms with Crippen LogP contribution in [0.15, 0.2) is 109 Å². The molecule has 4 nitrogen and oxygen atoms in total. The maximum absolute atomic E-state index is 6.40. The van der Waals surface area contributed by atoms with Gasteiger partial charge in [-0.05, 0) is 93.5 Å². The summed E-state index contributed by atoms with van der Waals surface area (Å²) in [6.45, 7) is 9.81. The molecule has 0 bridgehead atoms. The van der Waals surface area contributed by atoms with Crippen LogP contribution in [0, 0.1) is 0 Å². The first kappa shape index (κ1) is 26.3. The third-order valence-corrected chi connectivity index (χ3v) is 7.22. The van der Waals surface area contributed by atoms with Crippen molar-refractivity contribution in [3.8, 4) is 11.5 Å². The van der Waals surface area contributed by atoms with Gasteiger partial charge in [0, 0.05) is 23.3 Å². The van der Waals surface area contributed by atoms with Crippen LogP contribution in [0.1, 0.15) is 44.4 Å². The second-order valence-corrected chi connectivity index (χ2v) is 10.1. The third kappa shape index (κ3) is 5.46. The highest BCUT2D eigenvalue weighted by molar-refractivity contribution is 6.03. The maximum atomic E-state index is 6.40. The summed E-state index contributed by atoms with van der Waals surface area (Å²) in [7, 11) is 2.13.